The Morgan fingerprint density at radius 2 is 2.15 bits per heavy atom. The summed E-state index contributed by atoms with van der Waals surface area (Å²) < 4.78 is 4.97. The Morgan fingerprint density at radius 3 is 2.65 bits per heavy atom. The Balaban J connectivity index is 2.97. The van der Waals surface area contributed by atoms with Crippen LogP contribution in [0.25, 0.3) is 0 Å². The third kappa shape index (κ3) is 3.26. The molecule has 5 nitrogen and oxygen atoms in total. The van der Waals surface area contributed by atoms with Crippen molar-refractivity contribution in [3.8, 4) is 0 Å². The molecule has 0 radical (unpaired) electrons. The van der Waals surface area contributed by atoms with Gasteiger partial charge in [0.2, 0.25) is 11.8 Å². The average molecular weight is 281 g/mol. The third-order valence-corrected chi connectivity index (χ3v) is 3.54. The fraction of sp³-hybridized carbons (Fsp3) is 0.667. The van der Waals surface area contributed by atoms with E-state index in [2.05, 4.69) is 6.58 Å². The summed E-state index contributed by atoms with van der Waals surface area (Å²) in [7, 11) is 0. The summed E-state index contributed by atoms with van der Waals surface area (Å²) in [5, 5.41) is 0. The van der Waals surface area contributed by atoms with Crippen LogP contribution in [0, 0.1) is 11.3 Å². The van der Waals surface area contributed by atoms with Gasteiger partial charge in [0.05, 0.1) is 6.61 Å². The zero-order chi connectivity index (χ0) is 15.5. The van der Waals surface area contributed by atoms with E-state index < -0.39 is 17.4 Å². The van der Waals surface area contributed by atoms with E-state index in [1.165, 1.54) is 0 Å². The van der Waals surface area contributed by atoms with Crippen LogP contribution >= 0.6 is 0 Å². The molecule has 1 heterocycles. The standard InChI is InChI=1S/C15H23NO4/c1-6-10(3)8-12(17)16-11(13(18)20-7-2)9-15(4,5)14(16)19/h6,10-11H,1,7-9H2,2-5H3/t10-,11+/m1/s1. The topological polar surface area (TPSA) is 63.7 Å². The van der Waals surface area contributed by atoms with Gasteiger partial charge in [-0.3, -0.25) is 14.5 Å². The molecule has 0 bridgehead atoms. The van der Waals surface area contributed by atoms with Crippen molar-refractivity contribution >= 4 is 17.8 Å². The molecule has 0 aliphatic carbocycles. The molecule has 1 rings (SSSR count). The van der Waals surface area contributed by atoms with Crippen LogP contribution in [0.5, 0.6) is 0 Å². The summed E-state index contributed by atoms with van der Waals surface area (Å²) in [6.07, 6.45) is 2.13. The predicted octanol–water partition coefficient (Wildman–Crippen LogP) is 1.92. The molecule has 1 aliphatic heterocycles. The first-order valence-electron chi connectivity index (χ1n) is 6.90. The molecule has 0 saturated carbocycles. The first-order valence-corrected chi connectivity index (χ1v) is 6.90. The first-order chi connectivity index (χ1) is 9.24. The van der Waals surface area contributed by atoms with Crippen molar-refractivity contribution < 1.29 is 19.1 Å². The summed E-state index contributed by atoms with van der Waals surface area (Å²) in [5.74, 6) is -1.20. The fourth-order valence-corrected chi connectivity index (χ4v) is 2.30. The summed E-state index contributed by atoms with van der Waals surface area (Å²) in [4.78, 5) is 37.7. The van der Waals surface area contributed by atoms with E-state index in [-0.39, 0.29) is 30.8 Å². The molecule has 112 valence electrons. The second-order valence-corrected chi connectivity index (χ2v) is 5.84. The van der Waals surface area contributed by atoms with Gasteiger partial charge in [-0.25, -0.2) is 4.79 Å². The van der Waals surface area contributed by atoms with Gasteiger partial charge in [0.25, 0.3) is 0 Å². The van der Waals surface area contributed by atoms with Crippen LogP contribution < -0.4 is 0 Å². The maximum atomic E-state index is 12.3. The lowest BCUT2D eigenvalue weighted by Crippen LogP contribution is -2.44. The van der Waals surface area contributed by atoms with Crippen molar-refractivity contribution in [3.63, 3.8) is 0 Å². The van der Waals surface area contributed by atoms with E-state index in [1.54, 1.807) is 26.8 Å². The summed E-state index contributed by atoms with van der Waals surface area (Å²) in [6, 6.07) is -0.804. The van der Waals surface area contributed by atoms with E-state index >= 15 is 0 Å². The van der Waals surface area contributed by atoms with Gasteiger partial charge in [-0.15, -0.1) is 6.58 Å². The van der Waals surface area contributed by atoms with Crippen molar-refractivity contribution in [1.82, 2.24) is 4.90 Å². The van der Waals surface area contributed by atoms with Gasteiger partial charge in [-0.1, -0.05) is 26.8 Å². The maximum Gasteiger partial charge on any atom is 0.329 e. The number of likely N-dealkylation sites (tertiary alicyclic amines) is 1. The van der Waals surface area contributed by atoms with Gasteiger partial charge in [0, 0.05) is 11.8 Å². The molecule has 0 N–H and O–H groups in total. The van der Waals surface area contributed by atoms with E-state index in [9.17, 15) is 14.4 Å². The number of rotatable bonds is 5. The van der Waals surface area contributed by atoms with Crippen LogP contribution in [0.2, 0.25) is 0 Å². The van der Waals surface area contributed by atoms with Crippen molar-refractivity contribution in [1.29, 1.82) is 0 Å². The maximum absolute atomic E-state index is 12.3. The quantitative estimate of drug-likeness (QED) is 0.570. The molecule has 0 spiro atoms. The Labute approximate surface area is 120 Å². The van der Waals surface area contributed by atoms with Crippen LogP contribution in [0.3, 0.4) is 0 Å². The largest absolute Gasteiger partial charge is 0.464 e. The predicted molar refractivity (Wildman–Crippen MR) is 74.7 cm³/mol. The van der Waals surface area contributed by atoms with Gasteiger partial charge >= 0.3 is 5.97 Å². The van der Waals surface area contributed by atoms with Crippen molar-refractivity contribution in [2.75, 3.05) is 6.61 Å². The normalized spacial score (nSPS) is 22.5. The highest BCUT2D eigenvalue weighted by molar-refractivity contribution is 6.04. The molecule has 1 fully saturated rings. The molecule has 20 heavy (non-hydrogen) atoms. The van der Waals surface area contributed by atoms with Gasteiger partial charge < -0.3 is 4.74 Å². The number of imide groups is 1. The van der Waals surface area contributed by atoms with Crippen molar-refractivity contribution in [2.24, 2.45) is 11.3 Å². The number of hydrogen-bond donors (Lipinski definition) is 0. The Hall–Kier alpha value is -1.65. The number of nitrogens with zero attached hydrogens (tertiary/aromatic N) is 1. The minimum Gasteiger partial charge on any atom is -0.464 e. The first kappa shape index (κ1) is 16.4. The number of carbonyl (C=O) groups is 3. The molecule has 2 amide bonds. The SMILES string of the molecule is C=C[C@@H](C)CC(=O)N1C(=O)C(C)(C)C[C@H]1C(=O)OCC. The highest BCUT2D eigenvalue weighted by Gasteiger charge is 2.51. The van der Waals surface area contributed by atoms with E-state index in [4.69, 9.17) is 4.74 Å². The number of hydrogen-bond acceptors (Lipinski definition) is 4. The number of ether oxygens (including phenoxy) is 1. The Bertz CT molecular complexity index is 428. The highest BCUT2D eigenvalue weighted by atomic mass is 16.5. The molecule has 5 heteroatoms. The van der Waals surface area contributed by atoms with E-state index in [0.29, 0.717) is 6.42 Å². The Morgan fingerprint density at radius 1 is 1.55 bits per heavy atom. The summed E-state index contributed by atoms with van der Waals surface area (Å²) >= 11 is 0. The van der Waals surface area contributed by atoms with Crippen molar-refractivity contribution in [2.45, 2.75) is 46.6 Å². The molecule has 1 aliphatic rings. The second-order valence-electron chi connectivity index (χ2n) is 5.84. The van der Waals surface area contributed by atoms with Gasteiger partial charge in [0.15, 0.2) is 0 Å². The third-order valence-electron chi connectivity index (χ3n) is 3.54. The summed E-state index contributed by atoms with van der Waals surface area (Å²) in [5.41, 5.74) is -0.718. The number of allylic oxidation sites excluding steroid dienone is 1. The van der Waals surface area contributed by atoms with Crippen LogP contribution in [-0.4, -0.2) is 35.3 Å². The number of carbonyl (C=O) groups excluding carboxylic acids is 3. The van der Waals surface area contributed by atoms with Gasteiger partial charge in [-0.2, -0.15) is 0 Å². The van der Waals surface area contributed by atoms with Crippen LogP contribution in [0.15, 0.2) is 12.7 Å². The van der Waals surface area contributed by atoms with Crippen LogP contribution in [-0.2, 0) is 19.1 Å². The second kappa shape index (κ2) is 6.20. The van der Waals surface area contributed by atoms with Gasteiger partial charge in [0.1, 0.15) is 6.04 Å². The molecule has 1 saturated heterocycles. The molecule has 0 aromatic heterocycles. The highest BCUT2D eigenvalue weighted by Crippen LogP contribution is 2.36. The molecule has 0 aromatic rings. The Kier molecular flexibility index (Phi) is 5.09. The van der Waals surface area contributed by atoms with Crippen molar-refractivity contribution in [3.05, 3.63) is 12.7 Å². The zero-order valence-electron chi connectivity index (χ0n) is 12.6. The molecule has 2 atom stereocenters. The van der Waals surface area contributed by atoms with Crippen LogP contribution in [0.4, 0.5) is 0 Å². The lowest BCUT2D eigenvalue weighted by Gasteiger charge is -2.22. The molecule has 0 aromatic carbocycles. The van der Waals surface area contributed by atoms with Gasteiger partial charge in [-0.05, 0) is 19.3 Å². The minimum atomic E-state index is -0.804. The number of amides is 2. The van der Waals surface area contributed by atoms with E-state index in [0.717, 1.165) is 4.90 Å². The fourth-order valence-electron chi connectivity index (χ4n) is 2.30. The smallest absolute Gasteiger partial charge is 0.329 e. The van der Waals surface area contributed by atoms with Crippen LogP contribution in [0.1, 0.15) is 40.5 Å². The lowest BCUT2D eigenvalue weighted by atomic mass is 9.90. The van der Waals surface area contributed by atoms with E-state index in [1.807, 2.05) is 6.92 Å². The lowest BCUT2D eigenvalue weighted by molar-refractivity contribution is -0.158. The molecular weight excluding hydrogens is 258 g/mol. The zero-order valence-corrected chi connectivity index (χ0v) is 12.6. The molecular formula is C15H23NO4. The average Bonchev–Trinajstić information content (AvgIpc) is 2.61. The molecule has 0 unspecified atom stereocenters. The monoisotopic (exact) mass is 281 g/mol. The minimum absolute atomic E-state index is 0.0399. The number of esters is 1. The summed E-state index contributed by atoms with van der Waals surface area (Å²) in [6.45, 7) is 10.9.